The predicted molar refractivity (Wildman–Crippen MR) is 160 cm³/mol. The van der Waals surface area contributed by atoms with E-state index >= 15 is 0 Å². The van der Waals surface area contributed by atoms with Crippen LogP contribution in [0.3, 0.4) is 0 Å². The zero-order chi connectivity index (χ0) is 28.8. The summed E-state index contributed by atoms with van der Waals surface area (Å²) in [6.45, 7) is 9.13. The lowest BCUT2D eigenvalue weighted by Gasteiger charge is -2.34. The topological polar surface area (TPSA) is 145 Å². The lowest BCUT2D eigenvalue weighted by atomic mass is 9.81. The third-order valence-corrected chi connectivity index (χ3v) is 11.8. The molecule has 13 heteroatoms. The van der Waals surface area contributed by atoms with Crippen LogP contribution in [0.25, 0.3) is 5.82 Å². The minimum Gasteiger partial charge on any atom is -0.476 e. The van der Waals surface area contributed by atoms with Gasteiger partial charge in [0.1, 0.15) is 10.7 Å². The predicted octanol–water partition coefficient (Wildman–Crippen LogP) is 2.92. The Hall–Kier alpha value is -3.06. The Morgan fingerprint density at radius 2 is 2.00 bits per heavy atom. The number of carbonyl (C=O) groups excluding carboxylic acids is 1. The van der Waals surface area contributed by atoms with E-state index in [0.29, 0.717) is 37.1 Å². The Labute approximate surface area is 233 Å². The number of ether oxygens (including phenoxy) is 1. The van der Waals surface area contributed by atoms with Crippen LogP contribution in [0.1, 0.15) is 45.9 Å². The van der Waals surface area contributed by atoms with Crippen molar-refractivity contribution in [3.63, 3.8) is 0 Å². The molecule has 1 fully saturated rings. The zero-order valence-corrected chi connectivity index (χ0v) is 25.3. The van der Waals surface area contributed by atoms with E-state index in [1.165, 1.54) is 13.3 Å². The van der Waals surface area contributed by atoms with Gasteiger partial charge in [0, 0.05) is 55.9 Å². The second kappa shape index (κ2) is 10.2. The first-order valence-corrected chi connectivity index (χ1v) is 17.1. The average Bonchev–Trinajstić information content (AvgIpc) is 3.42. The second-order valence-electron chi connectivity index (χ2n) is 11.5. The zero-order valence-electron chi connectivity index (χ0n) is 23.7. The molecular weight excluding hydrogens is 538 g/mol. The van der Waals surface area contributed by atoms with Gasteiger partial charge in [-0.25, -0.2) is 32.8 Å². The number of sulfonamides is 1. The fourth-order valence-electron chi connectivity index (χ4n) is 5.12. The van der Waals surface area contributed by atoms with Gasteiger partial charge in [-0.15, -0.1) is 5.10 Å². The first kappa shape index (κ1) is 28.9. The van der Waals surface area contributed by atoms with Gasteiger partial charge in [0.25, 0.3) is 15.9 Å². The number of nitrogens with two attached hydrogens (primary N) is 1. The van der Waals surface area contributed by atoms with Gasteiger partial charge in [-0.3, -0.25) is 9.79 Å². The summed E-state index contributed by atoms with van der Waals surface area (Å²) in [6.07, 6.45) is 8.06. The molecule has 0 spiro atoms. The molecule has 1 amide bonds. The van der Waals surface area contributed by atoms with Crippen molar-refractivity contribution in [3.05, 3.63) is 40.6 Å². The molecule has 4 rings (SSSR count). The summed E-state index contributed by atoms with van der Waals surface area (Å²) in [4.78, 5) is 23.9. The molecule has 39 heavy (non-hydrogen) atoms. The maximum Gasteiger partial charge on any atom is 0.268 e. The van der Waals surface area contributed by atoms with Gasteiger partial charge in [-0.05, 0) is 50.7 Å². The van der Waals surface area contributed by atoms with Crippen molar-refractivity contribution in [2.24, 2.45) is 16.1 Å². The van der Waals surface area contributed by atoms with E-state index in [-0.39, 0.29) is 17.6 Å². The Morgan fingerprint density at radius 1 is 1.28 bits per heavy atom. The van der Waals surface area contributed by atoms with Crippen molar-refractivity contribution in [2.45, 2.75) is 39.7 Å². The van der Waals surface area contributed by atoms with Gasteiger partial charge in [0.15, 0.2) is 5.82 Å². The minimum atomic E-state index is -4.28. The van der Waals surface area contributed by atoms with Crippen LogP contribution in [-0.2, 0) is 10.0 Å². The molecule has 0 radical (unpaired) electrons. The van der Waals surface area contributed by atoms with Crippen LogP contribution in [0, 0.1) is 5.41 Å². The second-order valence-corrected chi connectivity index (χ2v) is 17.7. The number of pyridine rings is 1. The molecule has 2 aromatic rings. The molecule has 2 aliphatic rings. The van der Waals surface area contributed by atoms with Gasteiger partial charge in [-0.2, -0.15) is 0 Å². The standard InChI is InChI=1S/C26H39N7O4S2.H2/c1-8-38(6,7)14-13-37-21-11-12-33(30-21)20-10-9-18-23(29-20)32-17-26(4,16-25(32,2)3)22(27)19(15-28-5)39(35,36)31-24(18)34;/h9-12,15H,8,13-14,16-17,27H2,1-7H3,(H,31,34);1H/b22-19+,28-15?;/t26-;/m1./s1. The third kappa shape index (κ3) is 5.65. The molecule has 2 aliphatic heterocycles. The number of nitrogens with one attached hydrogen (secondary N) is 1. The molecule has 1 saturated heterocycles. The van der Waals surface area contributed by atoms with Crippen molar-refractivity contribution in [2.75, 3.05) is 49.1 Å². The molecule has 0 aromatic carbocycles. The molecule has 11 nitrogen and oxygen atoms in total. The van der Waals surface area contributed by atoms with Crippen molar-refractivity contribution in [1.29, 1.82) is 0 Å². The number of carbonyl (C=O) groups is 1. The van der Waals surface area contributed by atoms with E-state index in [0.717, 1.165) is 11.5 Å². The van der Waals surface area contributed by atoms with Gasteiger partial charge in [-0.1, -0.05) is 13.8 Å². The number of aliphatic imine (C=N–C) groups is 1. The van der Waals surface area contributed by atoms with Gasteiger partial charge in [0.2, 0.25) is 5.88 Å². The third-order valence-electron chi connectivity index (χ3n) is 7.57. The molecule has 216 valence electrons. The maximum atomic E-state index is 13.3. The number of fused-ring (bicyclic) bond motifs is 4. The van der Waals surface area contributed by atoms with Crippen LogP contribution in [-0.4, -0.2) is 85.1 Å². The Balaban J connectivity index is 0.00000441. The fraction of sp³-hybridized carbons (Fsp3) is 0.538. The summed E-state index contributed by atoms with van der Waals surface area (Å²) in [5, 5.41) is 4.53. The number of nitrogens with zero attached hydrogens (tertiary/aromatic N) is 5. The van der Waals surface area contributed by atoms with Crippen LogP contribution in [0.2, 0.25) is 0 Å². The van der Waals surface area contributed by atoms with E-state index in [2.05, 4.69) is 34.2 Å². The minimum absolute atomic E-state index is 0. The number of anilines is 1. The average molecular weight is 580 g/mol. The molecule has 0 aliphatic carbocycles. The number of amides is 1. The van der Waals surface area contributed by atoms with Crippen LogP contribution < -0.4 is 20.1 Å². The largest absolute Gasteiger partial charge is 0.476 e. The lowest BCUT2D eigenvalue weighted by molar-refractivity contribution is 0.0981. The Bertz CT molecular complexity index is 1450. The van der Waals surface area contributed by atoms with Gasteiger partial charge in [0.05, 0.1) is 12.2 Å². The van der Waals surface area contributed by atoms with Crippen LogP contribution in [0.15, 0.2) is 40.0 Å². The molecule has 3 N–H and O–H groups in total. The molecule has 0 saturated carbocycles. The fourth-order valence-corrected chi connectivity index (χ4v) is 7.19. The van der Waals surface area contributed by atoms with Crippen LogP contribution in [0.4, 0.5) is 5.82 Å². The van der Waals surface area contributed by atoms with E-state index in [1.54, 1.807) is 29.1 Å². The highest BCUT2D eigenvalue weighted by molar-refractivity contribution is 8.32. The summed E-state index contributed by atoms with van der Waals surface area (Å²) >= 11 is 0. The normalized spacial score (nSPS) is 24.9. The first-order chi connectivity index (χ1) is 18.1. The van der Waals surface area contributed by atoms with Gasteiger partial charge < -0.3 is 15.4 Å². The number of hydrogen-bond acceptors (Lipinski definition) is 9. The highest BCUT2D eigenvalue weighted by atomic mass is 32.3. The smallest absolute Gasteiger partial charge is 0.268 e. The number of rotatable bonds is 7. The quantitative estimate of drug-likeness (QED) is 0.477. The molecule has 2 aromatic heterocycles. The maximum absolute atomic E-state index is 13.3. The molecule has 1 atom stereocenters. The highest BCUT2D eigenvalue weighted by Gasteiger charge is 2.50. The monoisotopic (exact) mass is 579 g/mol. The number of allylic oxidation sites excluding steroid dienone is 1. The van der Waals surface area contributed by atoms with Crippen LogP contribution in [0.5, 0.6) is 5.88 Å². The number of hydrogen-bond donors (Lipinski definition) is 2. The van der Waals surface area contributed by atoms with E-state index in [1.807, 2.05) is 25.7 Å². The van der Waals surface area contributed by atoms with Crippen LogP contribution >= 0.6 is 10.0 Å². The Kier molecular flexibility index (Phi) is 7.54. The lowest BCUT2D eigenvalue weighted by Crippen LogP contribution is -2.42. The van der Waals surface area contributed by atoms with Crippen molar-refractivity contribution >= 4 is 38.0 Å². The van der Waals surface area contributed by atoms with E-state index in [9.17, 15) is 13.2 Å². The van der Waals surface area contributed by atoms with Crippen molar-refractivity contribution < 1.29 is 19.4 Å². The summed E-state index contributed by atoms with van der Waals surface area (Å²) in [5.41, 5.74) is 5.61. The summed E-state index contributed by atoms with van der Waals surface area (Å²) in [6, 6.07) is 4.99. The molecule has 2 bridgehead atoms. The molecular formula is C26H41N7O4S2. The van der Waals surface area contributed by atoms with Crippen molar-refractivity contribution in [1.82, 2.24) is 19.5 Å². The van der Waals surface area contributed by atoms with Crippen molar-refractivity contribution in [3.8, 4) is 11.7 Å². The first-order valence-electron chi connectivity index (χ1n) is 12.8. The SMILES string of the molecule is CCS(C)(C)CCOc1ccn(-c2ccc3c(n2)N2C[C@@](C)(CC2(C)C)/C(N)=C(/C=NC)S(=O)(=O)NC3=O)n1.[HH]. The highest BCUT2D eigenvalue weighted by Crippen LogP contribution is 2.48. The van der Waals surface area contributed by atoms with Gasteiger partial charge >= 0.3 is 0 Å². The Morgan fingerprint density at radius 3 is 2.67 bits per heavy atom. The molecule has 4 heterocycles. The molecule has 0 unspecified atom stereocenters. The summed E-state index contributed by atoms with van der Waals surface area (Å²) in [5.74, 6) is 2.65. The summed E-state index contributed by atoms with van der Waals surface area (Å²) in [7, 11) is -3.50. The van der Waals surface area contributed by atoms with E-state index in [4.69, 9.17) is 15.5 Å². The number of aromatic nitrogens is 3. The van der Waals surface area contributed by atoms with E-state index < -0.39 is 36.9 Å². The summed E-state index contributed by atoms with van der Waals surface area (Å²) < 4.78 is 36.2.